The van der Waals surface area contributed by atoms with Crippen molar-refractivity contribution in [2.24, 2.45) is 0 Å². The molecule has 0 N–H and O–H groups in total. The van der Waals surface area contributed by atoms with Gasteiger partial charge in [-0.2, -0.15) is 0 Å². The molecular weight excluding hydrogens is 239 g/mol. The van der Waals surface area contributed by atoms with Gasteiger partial charge in [-0.25, -0.2) is 0 Å². The molecule has 0 radical (unpaired) electrons. The quantitative estimate of drug-likeness (QED) is 0.638. The zero-order chi connectivity index (χ0) is 8.74. The molecule has 0 aliphatic rings. The van der Waals surface area contributed by atoms with Gasteiger partial charge in [0.1, 0.15) is 0 Å². The summed E-state index contributed by atoms with van der Waals surface area (Å²) >= 11 is -1.95. The third-order valence-corrected chi connectivity index (χ3v) is 15.1. The topological polar surface area (TPSA) is 0 Å². The molecule has 0 rings (SSSR count). The van der Waals surface area contributed by atoms with Gasteiger partial charge in [-0.05, 0) is 0 Å². The van der Waals surface area contributed by atoms with Gasteiger partial charge in [0.15, 0.2) is 0 Å². The summed E-state index contributed by atoms with van der Waals surface area (Å²) in [5.41, 5.74) is 0. The fourth-order valence-electron chi connectivity index (χ4n) is 1.55. The van der Waals surface area contributed by atoms with Gasteiger partial charge in [-0.1, -0.05) is 0 Å². The molecule has 1 heteroatoms. The van der Waals surface area contributed by atoms with Gasteiger partial charge in [0.2, 0.25) is 0 Å². The molecule has 0 heterocycles. The van der Waals surface area contributed by atoms with Crippen molar-refractivity contribution in [2.75, 3.05) is 0 Å². The Labute approximate surface area is 75.3 Å². The van der Waals surface area contributed by atoms with Gasteiger partial charge in [-0.3, -0.25) is 0 Å². The van der Waals surface area contributed by atoms with Crippen molar-refractivity contribution in [1.29, 1.82) is 0 Å². The normalized spacial score (nSPS) is 11.1. The molecule has 0 atom stereocenters. The summed E-state index contributed by atoms with van der Waals surface area (Å²) in [7, 11) is 0. The summed E-state index contributed by atoms with van der Waals surface area (Å²) in [5.74, 6) is 0. The molecule has 0 aromatic carbocycles. The Hall–Kier alpha value is 0.279. The van der Waals surface area contributed by atoms with Crippen LogP contribution in [0.2, 0.25) is 8.87 Å². The third-order valence-electron chi connectivity index (χ3n) is 2.24. The summed E-state index contributed by atoms with van der Waals surface area (Å²) < 4.78 is 7.31. The van der Waals surface area contributed by atoms with Crippen molar-refractivity contribution >= 4 is 18.4 Å². The molecule has 0 aromatic rings. The molecular formula is C10H20Sn. The molecule has 0 aliphatic carbocycles. The Morgan fingerprint density at radius 1 is 1.00 bits per heavy atom. The van der Waals surface area contributed by atoms with Crippen LogP contribution in [0.25, 0.3) is 0 Å². The van der Waals surface area contributed by atoms with Gasteiger partial charge in [-0.15, -0.1) is 0 Å². The first-order valence-corrected chi connectivity index (χ1v) is 11.8. The van der Waals surface area contributed by atoms with Crippen LogP contribution in [0.3, 0.4) is 0 Å². The van der Waals surface area contributed by atoms with E-state index in [4.69, 9.17) is 0 Å². The van der Waals surface area contributed by atoms with Crippen LogP contribution in [-0.4, -0.2) is 18.4 Å². The molecule has 0 aliphatic heterocycles. The first-order chi connectivity index (χ1) is 5.24. The van der Waals surface area contributed by atoms with Crippen LogP contribution in [0, 0.1) is 0 Å². The SMILES string of the molecule is C=[CH][Sn]([CH]=C)([CH2]CC)[CH2]CC. The van der Waals surface area contributed by atoms with Gasteiger partial charge in [0.05, 0.1) is 0 Å². The first kappa shape index (κ1) is 11.3. The molecule has 0 unspecified atom stereocenters. The zero-order valence-corrected chi connectivity index (χ0v) is 10.8. The minimum absolute atomic E-state index is 1.30. The standard InChI is InChI=1S/2C3H7.2C2H3.Sn/c2*1-3-2;2*1-2;/h2*1,3H2,2H3;2*1H,2H2;. The number of hydrogen-bond donors (Lipinski definition) is 0. The van der Waals surface area contributed by atoms with Crippen molar-refractivity contribution in [3.63, 3.8) is 0 Å². The molecule has 0 fully saturated rings. The summed E-state index contributed by atoms with van der Waals surface area (Å²) in [6, 6.07) is 0. The molecule has 64 valence electrons. The van der Waals surface area contributed by atoms with Crippen LogP contribution in [0.15, 0.2) is 21.3 Å². The van der Waals surface area contributed by atoms with Crippen LogP contribution in [0.4, 0.5) is 0 Å². The fourth-order valence-corrected chi connectivity index (χ4v) is 10.4. The summed E-state index contributed by atoms with van der Waals surface area (Å²) in [6.07, 6.45) is 2.60. The molecule has 0 bridgehead atoms. The molecule has 0 aromatic heterocycles. The monoisotopic (exact) mass is 260 g/mol. The second kappa shape index (κ2) is 5.87. The average Bonchev–Trinajstić information content (AvgIpc) is 2.04. The van der Waals surface area contributed by atoms with Crippen molar-refractivity contribution in [2.45, 2.75) is 35.6 Å². The zero-order valence-electron chi connectivity index (χ0n) is 7.90. The second-order valence-corrected chi connectivity index (χ2v) is 15.4. The Kier molecular flexibility index (Phi) is 6.02. The first-order valence-electron chi connectivity index (χ1n) is 4.52. The van der Waals surface area contributed by atoms with E-state index in [0.717, 1.165) is 0 Å². The van der Waals surface area contributed by atoms with Crippen LogP contribution < -0.4 is 0 Å². The van der Waals surface area contributed by atoms with Crippen molar-refractivity contribution in [1.82, 2.24) is 0 Å². The van der Waals surface area contributed by atoms with Crippen LogP contribution in [0.5, 0.6) is 0 Å². The van der Waals surface area contributed by atoms with Crippen LogP contribution in [-0.2, 0) is 0 Å². The summed E-state index contributed by atoms with van der Waals surface area (Å²) in [4.78, 5) is 0. The van der Waals surface area contributed by atoms with Crippen LogP contribution >= 0.6 is 0 Å². The van der Waals surface area contributed by atoms with Crippen LogP contribution in [0.1, 0.15) is 26.7 Å². The van der Waals surface area contributed by atoms with E-state index in [0.29, 0.717) is 0 Å². The molecule has 0 nitrogen and oxygen atoms in total. The van der Waals surface area contributed by atoms with Gasteiger partial charge < -0.3 is 0 Å². The average molecular weight is 259 g/mol. The molecule has 11 heavy (non-hydrogen) atoms. The second-order valence-electron chi connectivity index (χ2n) is 3.14. The minimum atomic E-state index is -1.95. The Balaban J connectivity index is 4.18. The third kappa shape index (κ3) is 3.46. The van der Waals surface area contributed by atoms with Crippen molar-refractivity contribution in [3.05, 3.63) is 21.3 Å². The van der Waals surface area contributed by atoms with Gasteiger partial charge in [0, 0.05) is 0 Å². The van der Waals surface area contributed by atoms with Gasteiger partial charge in [0.25, 0.3) is 0 Å². The van der Waals surface area contributed by atoms with E-state index in [-0.39, 0.29) is 0 Å². The van der Waals surface area contributed by atoms with E-state index in [1.807, 2.05) is 0 Å². The maximum absolute atomic E-state index is 3.96. The predicted octanol–water partition coefficient (Wildman–Crippen LogP) is 3.71. The van der Waals surface area contributed by atoms with Crippen molar-refractivity contribution in [3.8, 4) is 0 Å². The van der Waals surface area contributed by atoms with E-state index >= 15 is 0 Å². The summed E-state index contributed by atoms with van der Waals surface area (Å²) in [5, 5.41) is 0. The predicted molar refractivity (Wildman–Crippen MR) is 56.3 cm³/mol. The number of rotatable bonds is 6. The van der Waals surface area contributed by atoms with E-state index in [1.54, 1.807) is 0 Å². The molecule has 0 saturated carbocycles. The maximum atomic E-state index is 3.96. The van der Waals surface area contributed by atoms with E-state index in [2.05, 4.69) is 35.2 Å². The van der Waals surface area contributed by atoms with E-state index in [1.165, 1.54) is 21.7 Å². The van der Waals surface area contributed by atoms with Gasteiger partial charge >= 0.3 is 75.3 Å². The molecule has 0 saturated heterocycles. The summed E-state index contributed by atoms with van der Waals surface area (Å²) in [6.45, 7) is 12.4. The Bertz CT molecular complexity index is 111. The fraction of sp³-hybridized carbons (Fsp3) is 0.600. The molecule has 0 spiro atoms. The molecule has 0 amide bonds. The number of hydrogen-bond acceptors (Lipinski definition) is 0. The Morgan fingerprint density at radius 2 is 1.36 bits per heavy atom. The Morgan fingerprint density at radius 3 is 1.55 bits per heavy atom. The van der Waals surface area contributed by atoms with E-state index < -0.39 is 18.4 Å². The van der Waals surface area contributed by atoms with E-state index in [9.17, 15) is 0 Å². The van der Waals surface area contributed by atoms with Crippen molar-refractivity contribution < 1.29 is 0 Å².